The van der Waals surface area contributed by atoms with Crippen LogP contribution in [0.3, 0.4) is 0 Å². The van der Waals surface area contributed by atoms with E-state index in [-0.39, 0.29) is 0 Å². The normalized spacial score (nSPS) is 38.8. The van der Waals surface area contributed by atoms with Gasteiger partial charge >= 0.3 is 0 Å². The van der Waals surface area contributed by atoms with Crippen LogP contribution >= 0.6 is 11.3 Å². The summed E-state index contributed by atoms with van der Waals surface area (Å²) in [7, 11) is 0. The lowest BCUT2D eigenvalue weighted by atomic mass is 9.81. The molecule has 2 saturated carbocycles. The second-order valence-corrected chi connectivity index (χ2v) is 6.28. The minimum Gasteiger partial charge on any atom is -0.389 e. The van der Waals surface area contributed by atoms with Crippen molar-refractivity contribution < 1.29 is 5.11 Å². The molecule has 1 heterocycles. The third-order valence-corrected chi connectivity index (χ3v) is 4.92. The topological polar surface area (TPSA) is 33.1 Å². The number of hydrogen-bond donors (Lipinski definition) is 1. The van der Waals surface area contributed by atoms with Crippen LogP contribution in [-0.2, 0) is 6.42 Å². The van der Waals surface area contributed by atoms with Crippen molar-refractivity contribution in [1.82, 2.24) is 4.98 Å². The zero-order valence-electron chi connectivity index (χ0n) is 9.07. The molecule has 2 aliphatic rings. The molecule has 82 valence electrons. The van der Waals surface area contributed by atoms with E-state index in [1.54, 1.807) is 11.3 Å². The second kappa shape index (κ2) is 3.29. The molecule has 2 bridgehead atoms. The molecular formula is C12H17NOS. The number of nitrogens with zero attached hydrogens (tertiary/aromatic N) is 1. The molecule has 2 nitrogen and oxygen atoms in total. The monoisotopic (exact) mass is 223 g/mol. The molecule has 1 aromatic rings. The molecular weight excluding hydrogens is 206 g/mol. The highest BCUT2D eigenvalue weighted by Crippen LogP contribution is 2.51. The molecule has 0 spiro atoms. The summed E-state index contributed by atoms with van der Waals surface area (Å²) in [6.07, 6.45) is 5.60. The number of thiazole rings is 1. The summed E-state index contributed by atoms with van der Waals surface area (Å²) in [6.45, 7) is 2.03. The Hall–Kier alpha value is -0.410. The van der Waals surface area contributed by atoms with Crippen LogP contribution in [0.4, 0.5) is 0 Å². The Labute approximate surface area is 94.4 Å². The fraction of sp³-hybridized carbons (Fsp3) is 0.750. The van der Waals surface area contributed by atoms with Crippen molar-refractivity contribution in [2.45, 2.75) is 44.6 Å². The van der Waals surface area contributed by atoms with Gasteiger partial charge in [0, 0.05) is 11.8 Å². The van der Waals surface area contributed by atoms with Crippen molar-refractivity contribution in [3.05, 3.63) is 16.1 Å². The van der Waals surface area contributed by atoms with Gasteiger partial charge in [-0.25, -0.2) is 4.98 Å². The Bertz CT molecular complexity index is 375. The van der Waals surface area contributed by atoms with Crippen LogP contribution < -0.4 is 0 Å². The molecule has 1 N–H and O–H groups in total. The van der Waals surface area contributed by atoms with E-state index < -0.39 is 5.60 Å². The van der Waals surface area contributed by atoms with Crippen molar-refractivity contribution in [2.75, 3.05) is 0 Å². The fourth-order valence-electron chi connectivity index (χ4n) is 3.43. The van der Waals surface area contributed by atoms with Gasteiger partial charge in [-0.2, -0.15) is 0 Å². The molecule has 3 rings (SSSR count). The van der Waals surface area contributed by atoms with E-state index in [9.17, 15) is 5.11 Å². The first kappa shape index (κ1) is 9.79. The molecule has 3 atom stereocenters. The highest BCUT2D eigenvalue weighted by molar-refractivity contribution is 7.09. The van der Waals surface area contributed by atoms with E-state index in [1.165, 1.54) is 19.3 Å². The van der Waals surface area contributed by atoms with Crippen LogP contribution in [0.25, 0.3) is 0 Å². The summed E-state index contributed by atoms with van der Waals surface area (Å²) >= 11 is 1.68. The van der Waals surface area contributed by atoms with Crippen molar-refractivity contribution in [3.8, 4) is 0 Å². The molecule has 3 heteroatoms. The van der Waals surface area contributed by atoms with Crippen LogP contribution in [0.15, 0.2) is 5.38 Å². The van der Waals surface area contributed by atoms with Crippen molar-refractivity contribution in [2.24, 2.45) is 11.8 Å². The first-order chi connectivity index (χ1) is 7.16. The standard InChI is InChI=1S/C12H17NOS/c1-8-13-11(7-15-8)6-12(14)5-9-2-3-10(12)4-9/h7,9-10,14H,2-6H2,1H3. The Balaban J connectivity index is 1.77. The van der Waals surface area contributed by atoms with E-state index in [0.717, 1.165) is 29.5 Å². The predicted molar refractivity (Wildman–Crippen MR) is 61.0 cm³/mol. The van der Waals surface area contributed by atoms with Crippen molar-refractivity contribution in [3.63, 3.8) is 0 Å². The van der Waals surface area contributed by atoms with Gasteiger partial charge in [-0.15, -0.1) is 11.3 Å². The Morgan fingerprint density at radius 3 is 3.00 bits per heavy atom. The maximum absolute atomic E-state index is 10.6. The molecule has 2 fully saturated rings. The number of rotatable bonds is 2. The Morgan fingerprint density at radius 1 is 1.60 bits per heavy atom. The minimum atomic E-state index is -0.427. The largest absolute Gasteiger partial charge is 0.389 e. The van der Waals surface area contributed by atoms with Crippen LogP contribution in [0, 0.1) is 18.8 Å². The van der Waals surface area contributed by atoms with Gasteiger partial charge in [0.15, 0.2) is 0 Å². The molecule has 0 radical (unpaired) electrons. The van der Waals surface area contributed by atoms with Crippen LogP contribution in [-0.4, -0.2) is 15.7 Å². The first-order valence-corrected chi connectivity index (χ1v) is 6.67. The number of aromatic nitrogens is 1. The fourth-order valence-corrected chi connectivity index (χ4v) is 4.05. The molecule has 1 aromatic heterocycles. The predicted octanol–water partition coefficient (Wildman–Crippen LogP) is 2.55. The van der Waals surface area contributed by atoms with Gasteiger partial charge in [0.05, 0.1) is 16.3 Å². The van der Waals surface area contributed by atoms with E-state index in [0.29, 0.717) is 5.92 Å². The SMILES string of the molecule is Cc1nc(CC2(O)CC3CCC2C3)cs1. The van der Waals surface area contributed by atoms with Gasteiger partial charge < -0.3 is 5.11 Å². The molecule has 0 aliphatic heterocycles. The zero-order chi connectivity index (χ0) is 10.5. The number of hydrogen-bond acceptors (Lipinski definition) is 3. The van der Waals surface area contributed by atoms with E-state index in [1.807, 2.05) is 6.92 Å². The van der Waals surface area contributed by atoms with E-state index >= 15 is 0 Å². The minimum absolute atomic E-state index is 0.427. The highest BCUT2D eigenvalue weighted by Gasteiger charge is 2.49. The summed E-state index contributed by atoms with van der Waals surface area (Å²) in [5.74, 6) is 1.34. The summed E-state index contributed by atoms with van der Waals surface area (Å²) in [5, 5.41) is 13.8. The van der Waals surface area contributed by atoms with Gasteiger partial charge in [-0.1, -0.05) is 0 Å². The first-order valence-electron chi connectivity index (χ1n) is 5.79. The van der Waals surface area contributed by atoms with Gasteiger partial charge in [-0.3, -0.25) is 0 Å². The second-order valence-electron chi connectivity index (χ2n) is 5.22. The third-order valence-electron chi connectivity index (χ3n) is 4.10. The van der Waals surface area contributed by atoms with E-state index in [4.69, 9.17) is 0 Å². The number of fused-ring (bicyclic) bond motifs is 2. The maximum atomic E-state index is 10.6. The Kier molecular flexibility index (Phi) is 2.15. The quantitative estimate of drug-likeness (QED) is 0.836. The third kappa shape index (κ3) is 1.62. The Morgan fingerprint density at radius 2 is 2.47 bits per heavy atom. The molecule has 0 aromatic carbocycles. The van der Waals surface area contributed by atoms with Gasteiger partial charge in [-0.05, 0) is 44.4 Å². The number of aryl methyl sites for hydroxylation is 1. The van der Waals surface area contributed by atoms with Crippen molar-refractivity contribution in [1.29, 1.82) is 0 Å². The van der Waals surface area contributed by atoms with E-state index in [2.05, 4.69) is 10.4 Å². The maximum Gasteiger partial charge on any atom is 0.0897 e. The average molecular weight is 223 g/mol. The average Bonchev–Trinajstić information content (AvgIpc) is 2.81. The molecule has 2 aliphatic carbocycles. The lowest BCUT2D eigenvalue weighted by Gasteiger charge is -2.31. The van der Waals surface area contributed by atoms with Gasteiger partial charge in [0.2, 0.25) is 0 Å². The van der Waals surface area contributed by atoms with Crippen LogP contribution in [0.2, 0.25) is 0 Å². The number of aliphatic hydroxyl groups is 1. The van der Waals surface area contributed by atoms with Crippen LogP contribution in [0.5, 0.6) is 0 Å². The molecule has 0 amide bonds. The lowest BCUT2D eigenvalue weighted by Crippen LogP contribution is -2.37. The molecule has 15 heavy (non-hydrogen) atoms. The summed E-state index contributed by atoms with van der Waals surface area (Å²) in [4.78, 5) is 4.46. The summed E-state index contributed by atoms with van der Waals surface area (Å²) < 4.78 is 0. The van der Waals surface area contributed by atoms with Gasteiger partial charge in [0.25, 0.3) is 0 Å². The summed E-state index contributed by atoms with van der Waals surface area (Å²) in [5.41, 5.74) is 0.663. The zero-order valence-corrected chi connectivity index (χ0v) is 9.89. The molecule has 3 unspecified atom stereocenters. The lowest BCUT2D eigenvalue weighted by molar-refractivity contribution is -0.0131. The van der Waals surface area contributed by atoms with Crippen LogP contribution in [0.1, 0.15) is 36.4 Å². The van der Waals surface area contributed by atoms with Gasteiger partial charge in [0.1, 0.15) is 0 Å². The smallest absolute Gasteiger partial charge is 0.0897 e. The van der Waals surface area contributed by atoms with Crippen molar-refractivity contribution >= 4 is 11.3 Å². The summed E-state index contributed by atoms with van der Waals surface area (Å²) in [6, 6.07) is 0. The highest BCUT2D eigenvalue weighted by atomic mass is 32.1. The molecule has 0 saturated heterocycles.